The molecule has 1 aromatic carbocycles. The second-order valence-electron chi connectivity index (χ2n) is 4.80. The Hall–Kier alpha value is -1.18. The van der Waals surface area contributed by atoms with Gasteiger partial charge in [-0.15, -0.1) is 0 Å². The lowest BCUT2D eigenvalue weighted by molar-refractivity contribution is 0.341. The Kier molecular flexibility index (Phi) is 4.72. The summed E-state index contributed by atoms with van der Waals surface area (Å²) in [6.07, 6.45) is 7.00. The smallest absolute Gasteiger partial charge is 0.142 e. The molecule has 1 saturated carbocycles. The van der Waals surface area contributed by atoms with Crippen LogP contribution in [0.25, 0.3) is 0 Å². The maximum atomic E-state index is 5.60. The fraction of sp³-hybridized carbons (Fsp3) is 0.600. The van der Waals surface area contributed by atoms with Crippen molar-refractivity contribution in [1.29, 1.82) is 0 Å². The average molecular weight is 233 g/mol. The van der Waals surface area contributed by atoms with Gasteiger partial charge in [0, 0.05) is 6.54 Å². The quantitative estimate of drug-likeness (QED) is 0.799. The van der Waals surface area contributed by atoms with E-state index in [1.807, 2.05) is 19.1 Å². The first-order valence-corrected chi connectivity index (χ1v) is 6.86. The molecule has 1 aliphatic rings. The zero-order chi connectivity index (χ0) is 11.9. The lowest BCUT2D eigenvalue weighted by Crippen LogP contribution is -2.07. The summed E-state index contributed by atoms with van der Waals surface area (Å²) in [6, 6.07) is 8.20. The number of para-hydroxylation sites is 2. The Morgan fingerprint density at radius 3 is 2.76 bits per heavy atom. The molecule has 17 heavy (non-hydrogen) atoms. The molecule has 0 atom stereocenters. The van der Waals surface area contributed by atoms with Gasteiger partial charge < -0.3 is 10.1 Å². The summed E-state index contributed by atoms with van der Waals surface area (Å²) < 4.78 is 5.60. The zero-order valence-corrected chi connectivity index (χ0v) is 10.7. The minimum atomic E-state index is 0.724. The zero-order valence-electron chi connectivity index (χ0n) is 10.7. The standard InChI is InChI=1S/C15H23NO/c1-2-17-15-10-6-5-9-14(15)16-12-11-13-7-3-4-8-13/h5-6,9-10,13,16H,2-4,7-8,11-12H2,1H3. The van der Waals surface area contributed by atoms with Gasteiger partial charge in [-0.25, -0.2) is 0 Å². The van der Waals surface area contributed by atoms with Crippen molar-refractivity contribution in [3.8, 4) is 5.75 Å². The largest absolute Gasteiger partial charge is 0.492 e. The van der Waals surface area contributed by atoms with Crippen LogP contribution in [0.1, 0.15) is 39.0 Å². The van der Waals surface area contributed by atoms with Gasteiger partial charge in [0.05, 0.1) is 12.3 Å². The summed E-state index contributed by atoms with van der Waals surface area (Å²) in [4.78, 5) is 0. The summed E-state index contributed by atoms with van der Waals surface area (Å²) in [6.45, 7) is 3.81. The Labute approximate surface area is 104 Å². The second kappa shape index (κ2) is 6.53. The van der Waals surface area contributed by atoms with E-state index in [0.29, 0.717) is 0 Å². The molecule has 0 radical (unpaired) electrons. The molecule has 2 heteroatoms. The third kappa shape index (κ3) is 3.65. The van der Waals surface area contributed by atoms with Crippen LogP contribution in [-0.4, -0.2) is 13.2 Å². The maximum absolute atomic E-state index is 5.60. The van der Waals surface area contributed by atoms with Gasteiger partial charge in [0.15, 0.2) is 0 Å². The fourth-order valence-corrected chi connectivity index (χ4v) is 2.60. The third-order valence-electron chi connectivity index (χ3n) is 3.53. The summed E-state index contributed by atoms with van der Waals surface area (Å²) in [7, 11) is 0. The molecular weight excluding hydrogens is 210 g/mol. The Balaban J connectivity index is 1.80. The van der Waals surface area contributed by atoms with E-state index < -0.39 is 0 Å². The van der Waals surface area contributed by atoms with E-state index in [-0.39, 0.29) is 0 Å². The van der Waals surface area contributed by atoms with Crippen LogP contribution in [0.5, 0.6) is 5.75 Å². The highest BCUT2D eigenvalue weighted by Crippen LogP contribution is 2.28. The number of anilines is 1. The predicted octanol–water partition coefficient (Wildman–Crippen LogP) is 4.08. The number of benzene rings is 1. The molecule has 0 unspecified atom stereocenters. The molecule has 0 spiro atoms. The van der Waals surface area contributed by atoms with Crippen molar-refractivity contribution < 1.29 is 4.74 Å². The molecule has 0 aromatic heterocycles. The van der Waals surface area contributed by atoms with Crippen LogP contribution in [0, 0.1) is 5.92 Å². The summed E-state index contributed by atoms with van der Waals surface area (Å²) in [5.74, 6) is 1.92. The molecule has 0 saturated heterocycles. The molecule has 2 nitrogen and oxygen atoms in total. The highest BCUT2D eigenvalue weighted by molar-refractivity contribution is 5.56. The van der Waals surface area contributed by atoms with Crippen molar-refractivity contribution in [3.63, 3.8) is 0 Å². The van der Waals surface area contributed by atoms with Gasteiger partial charge in [-0.1, -0.05) is 37.8 Å². The van der Waals surface area contributed by atoms with E-state index in [4.69, 9.17) is 4.74 Å². The first kappa shape index (κ1) is 12.3. The Morgan fingerprint density at radius 1 is 1.24 bits per heavy atom. The average Bonchev–Trinajstić information content (AvgIpc) is 2.85. The van der Waals surface area contributed by atoms with Crippen molar-refractivity contribution in [2.24, 2.45) is 5.92 Å². The van der Waals surface area contributed by atoms with Crippen LogP contribution in [0.15, 0.2) is 24.3 Å². The van der Waals surface area contributed by atoms with Crippen LogP contribution >= 0.6 is 0 Å². The van der Waals surface area contributed by atoms with Crippen molar-refractivity contribution in [2.45, 2.75) is 39.0 Å². The summed E-state index contributed by atoms with van der Waals surface area (Å²) in [5, 5.41) is 3.50. The van der Waals surface area contributed by atoms with Crippen molar-refractivity contribution >= 4 is 5.69 Å². The first-order valence-electron chi connectivity index (χ1n) is 6.86. The molecular formula is C15H23NO. The number of hydrogen-bond acceptors (Lipinski definition) is 2. The maximum Gasteiger partial charge on any atom is 0.142 e. The van der Waals surface area contributed by atoms with E-state index >= 15 is 0 Å². The van der Waals surface area contributed by atoms with E-state index in [1.54, 1.807) is 0 Å². The Bertz CT molecular complexity index is 331. The van der Waals surface area contributed by atoms with Crippen LogP contribution in [0.2, 0.25) is 0 Å². The van der Waals surface area contributed by atoms with Gasteiger partial charge in [-0.2, -0.15) is 0 Å². The lowest BCUT2D eigenvalue weighted by Gasteiger charge is -2.14. The van der Waals surface area contributed by atoms with E-state index in [9.17, 15) is 0 Å². The number of rotatable bonds is 6. The lowest BCUT2D eigenvalue weighted by atomic mass is 10.0. The molecule has 0 heterocycles. The molecule has 0 aliphatic heterocycles. The highest BCUT2D eigenvalue weighted by atomic mass is 16.5. The SMILES string of the molecule is CCOc1ccccc1NCCC1CCCC1. The van der Waals surface area contributed by atoms with Crippen molar-refractivity contribution in [2.75, 3.05) is 18.5 Å². The van der Waals surface area contributed by atoms with Gasteiger partial charge in [0.1, 0.15) is 5.75 Å². The molecule has 1 aromatic rings. The fourth-order valence-electron chi connectivity index (χ4n) is 2.60. The van der Waals surface area contributed by atoms with Crippen LogP contribution < -0.4 is 10.1 Å². The number of nitrogens with one attached hydrogen (secondary N) is 1. The molecule has 1 aliphatic carbocycles. The van der Waals surface area contributed by atoms with Crippen molar-refractivity contribution in [3.05, 3.63) is 24.3 Å². The van der Waals surface area contributed by atoms with Crippen molar-refractivity contribution in [1.82, 2.24) is 0 Å². The van der Waals surface area contributed by atoms with Crippen LogP contribution in [0.4, 0.5) is 5.69 Å². The molecule has 0 bridgehead atoms. The third-order valence-corrected chi connectivity index (χ3v) is 3.53. The van der Waals surface area contributed by atoms with Gasteiger partial charge >= 0.3 is 0 Å². The topological polar surface area (TPSA) is 21.3 Å². The second-order valence-corrected chi connectivity index (χ2v) is 4.80. The van der Waals surface area contributed by atoms with E-state index in [1.165, 1.54) is 32.1 Å². The molecule has 1 fully saturated rings. The summed E-state index contributed by atoms with van der Waals surface area (Å²) >= 11 is 0. The van der Waals surface area contributed by atoms with Gasteiger partial charge in [-0.05, 0) is 31.4 Å². The monoisotopic (exact) mass is 233 g/mol. The molecule has 94 valence electrons. The van der Waals surface area contributed by atoms with Crippen LogP contribution in [0.3, 0.4) is 0 Å². The van der Waals surface area contributed by atoms with Gasteiger partial charge in [0.25, 0.3) is 0 Å². The Morgan fingerprint density at radius 2 is 2.00 bits per heavy atom. The minimum Gasteiger partial charge on any atom is -0.492 e. The predicted molar refractivity (Wildman–Crippen MR) is 72.7 cm³/mol. The molecule has 1 N–H and O–H groups in total. The minimum absolute atomic E-state index is 0.724. The van der Waals surface area contributed by atoms with Gasteiger partial charge in [0.2, 0.25) is 0 Å². The normalized spacial score (nSPS) is 16.1. The highest BCUT2D eigenvalue weighted by Gasteiger charge is 2.14. The first-order chi connectivity index (χ1) is 8.40. The van der Waals surface area contributed by atoms with Gasteiger partial charge in [-0.3, -0.25) is 0 Å². The van der Waals surface area contributed by atoms with E-state index in [0.717, 1.165) is 30.5 Å². The number of ether oxygens (including phenoxy) is 1. The van der Waals surface area contributed by atoms with Crippen LogP contribution in [-0.2, 0) is 0 Å². The molecule has 2 rings (SSSR count). The molecule has 0 amide bonds. The van der Waals surface area contributed by atoms with E-state index in [2.05, 4.69) is 17.4 Å². The summed E-state index contributed by atoms with van der Waals surface area (Å²) in [5.41, 5.74) is 1.13. The number of hydrogen-bond donors (Lipinski definition) is 1.